The molecule has 1 amide bonds. The van der Waals surface area contributed by atoms with Crippen molar-refractivity contribution < 1.29 is 19.1 Å². The zero-order valence-corrected chi connectivity index (χ0v) is 14.0. The molecule has 0 saturated heterocycles. The molecular weight excluding hydrogens is 306 g/mol. The molecule has 1 N–H and O–H groups in total. The van der Waals surface area contributed by atoms with Gasteiger partial charge in [-0.15, -0.1) is 0 Å². The molecular formula is C19H21NO4. The molecule has 0 heterocycles. The number of ether oxygens (including phenoxy) is 2. The minimum absolute atomic E-state index is 0.414. The van der Waals surface area contributed by atoms with Crippen LogP contribution in [0.4, 0.5) is 5.69 Å². The van der Waals surface area contributed by atoms with Crippen LogP contribution in [0.5, 0.6) is 5.75 Å². The molecule has 0 bridgehead atoms. The number of carbonyl (C=O) groups is 2. The summed E-state index contributed by atoms with van der Waals surface area (Å²) in [4.78, 5) is 24.4. The molecule has 24 heavy (non-hydrogen) atoms. The average Bonchev–Trinajstić information content (AvgIpc) is 2.56. The van der Waals surface area contributed by atoms with Gasteiger partial charge in [0.05, 0.1) is 17.9 Å². The Morgan fingerprint density at radius 1 is 1.12 bits per heavy atom. The lowest BCUT2D eigenvalue weighted by atomic mass is 10.1. The average molecular weight is 327 g/mol. The van der Waals surface area contributed by atoms with Crippen LogP contribution >= 0.6 is 0 Å². The smallest absolute Gasteiger partial charge is 0.338 e. The van der Waals surface area contributed by atoms with Crippen molar-refractivity contribution in [3.63, 3.8) is 0 Å². The van der Waals surface area contributed by atoms with Crippen LogP contribution in [-0.2, 0) is 9.53 Å². The first-order valence-corrected chi connectivity index (χ1v) is 7.81. The van der Waals surface area contributed by atoms with Gasteiger partial charge in [-0.25, -0.2) is 4.79 Å². The summed E-state index contributed by atoms with van der Waals surface area (Å²) < 4.78 is 10.7. The van der Waals surface area contributed by atoms with Crippen molar-refractivity contribution in [2.24, 2.45) is 0 Å². The zero-order valence-electron chi connectivity index (χ0n) is 14.0. The summed E-state index contributed by atoms with van der Waals surface area (Å²) >= 11 is 0. The highest BCUT2D eigenvalue weighted by molar-refractivity contribution is 5.98. The first-order valence-electron chi connectivity index (χ1n) is 7.81. The molecule has 0 radical (unpaired) electrons. The van der Waals surface area contributed by atoms with E-state index in [9.17, 15) is 9.59 Å². The lowest BCUT2D eigenvalue weighted by Gasteiger charge is -2.15. The predicted molar refractivity (Wildman–Crippen MR) is 92.3 cm³/mol. The second-order valence-electron chi connectivity index (χ2n) is 5.34. The number of esters is 1. The molecule has 0 aliphatic rings. The van der Waals surface area contributed by atoms with Crippen LogP contribution in [-0.4, -0.2) is 24.6 Å². The van der Waals surface area contributed by atoms with Gasteiger partial charge in [0, 0.05) is 0 Å². The summed E-state index contributed by atoms with van der Waals surface area (Å²) in [7, 11) is 0. The van der Waals surface area contributed by atoms with E-state index in [0.717, 1.165) is 5.56 Å². The number of aryl methyl sites for hydroxylation is 1. The molecule has 126 valence electrons. The van der Waals surface area contributed by atoms with E-state index in [-0.39, 0.29) is 0 Å². The summed E-state index contributed by atoms with van der Waals surface area (Å²) in [6.45, 7) is 5.78. The van der Waals surface area contributed by atoms with Crippen molar-refractivity contribution in [1.82, 2.24) is 0 Å². The van der Waals surface area contributed by atoms with Gasteiger partial charge in [0.15, 0.2) is 6.10 Å². The van der Waals surface area contributed by atoms with Crippen molar-refractivity contribution in [2.75, 3.05) is 11.9 Å². The third-order valence-corrected chi connectivity index (χ3v) is 3.35. The van der Waals surface area contributed by atoms with E-state index >= 15 is 0 Å². The molecule has 5 heteroatoms. The molecule has 2 aromatic rings. The Morgan fingerprint density at radius 3 is 2.58 bits per heavy atom. The number of amides is 1. The largest absolute Gasteiger partial charge is 0.492 e. The Hall–Kier alpha value is -2.82. The Bertz CT molecular complexity index is 727. The first-order chi connectivity index (χ1) is 11.5. The number of hydrogen-bond donors (Lipinski definition) is 1. The minimum atomic E-state index is -0.923. The topological polar surface area (TPSA) is 64.6 Å². The summed E-state index contributed by atoms with van der Waals surface area (Å²) in [5.74, 6) is -0.367. The van der Waals surface area contributed by atoms with Gasteiger partial charge in [0.2, 0.25) is 0 Å². The fraction of sp³-hybridized carbons (Fsp3) is 0.263. The predicted octanol–water partition coefficient (Wildman–Crippen LogP) is 3.58. The van der Waals surface area contributed by atoms with Crippen LogP contribution in [0.15, 0.2) is 48.5 Å². The van der Waals surface area contributed by atoms with Crippen LogP contribution in [0.2, 0.25) is 0 Å². The summed E-state index contributed by atoms with van der Waals surface area (Å²) in [5, 5.41) is 2.72. The maximum Gasteiger partial charge on any atom is 0.338 e. The van der Waals surface area contributed by atoms with Gasteiger partial charge < -0.3 is 14.8 Å². The number of benzene rings is 2. The van der Waals surface area contributed by atoms with Gasteiger partial charge in [0.25, 0.3) is 5.91 Å². The molecule has 1 unspecified atom stereocenters. The van der Waals surface area contributed by atoms with Gasteiger partial charge in [-0.05, 0) is 45.0 Å². The second-order valence-corrected chi connectivity index (χ2v) is 5.34. The highest BCUT2D eigenvalue weighted by atomic mass is 16.5. The first kappa shape index (κ1) is 17.5. The standard InChI is InChI=1S/C19H21NO4/c1-4-23-17-11-6-5-10-16(17)20-18(21)14(3)24-19(22)15-9-7-8-13(2)12-15/h5-12,14H,4H2,1-3H3,(H,20,21). The van der Waals surface area contributed by atoms with Gasteiger partial charge >= 0.3 is 5.97 Å². The molecule has 1 atom stereocenters. The van der Waals surface area contributed by atoms with E-state index < -0.39 is 18.0 Å². The molecule has 0 aromatic heterocycles. The van der Waals surface area contributed by atoms with E-state index in [1.165, 1.54) is 6.92 Å². The van der Waals surface area contributed by atoms with Crippen LogP contribution in [0.3, 0.4) is 0 Å². The molecule has 2 aromatic carbocycles. The van der Waals surface area contributed by atoms with Gasteiger partial charge in [-0.1, -0.05) is 29.8 Å². The van der Waals surface area contributed by atoms with Crippen LogP contribution < -0.4 is 10.1 Å². The molecule has 5 nitrogen and oxygen atoms in total. The Balaban J connectivity index is 2.01. The highest BCUT2D eigenvalue weighted by Crippen LogP contribution is 2.24. The number of para-hydroxylation sites is 2. The quantitative estimate of drug-likeness (QED) is 0.824. The summed E-state index contributed by atoms with van der Waals surface area (Å²) in [6.07, 6.45) is -0.923. The number of carbonyl (C=O) groups excluding carboxylic acids is 2. The maximum atomic E-state index is 12.3. The molecule has 0 aliphatic heterocycles. The zero-order chi connectivity index (χ0) is 17.5. The molecule has 2 rings (SSSR count). The Morgan fingerprint density at radius 2 is 1.88 bits per heavy atom. The SMILES string of the molecule is CCOc1ccccc1NC(=O)C(C)OC(=O)c1cccc(C)c1. The number of anilines is 1. The van der Waals surface area contributed by atoms with Crippen molar-refractivity contribution >= 4 is 17.6 Å². The lowest BCUT2D eigenvalue weighted by Crippen LogP contribution is -2.30. The van der Waals surface area contributed by atoms with Crippen molar-refractivity contribution in [3.05, 3.63) is 59.7 Å². The Labute approximate surface area is 141 Å². The van der Waals surface area contributed by atoms with Gasteiger partial charge in [-0.2, -0.15) is 0 Å². The van der Waals surface area contributed by atoms with Gasteiger partial charge in [-0.3, -0.25) is 4.79 Å². The van der Waals surface area contributed by atoms with E-state index in [2.05, 4.69) is 5.32 Å². The molecule has 0 spiro atoms. The number of hydrogen-bond acceptors (Lipinski definition) is 4. The Kier molecular flexibility index (Phi) is 5.95. The normalized spacial score (nSPS) is 11.5. The molecule has 0 aliphatic carbocycles. The van der Waals surface area contributed by atoms with E-state index in [4.69, 9.17) is 9.47 Å². The monoisotopic (exact) mass is 327 g/mol. The fourth-order valence-electron chi connectivity index (χ4n) is 2.14. The number of nitrogens with one attached hydrogen (secondary N) is 1. The summed E-state index contributed by atoms with van der Waals surface area (Å²) in [6, 6.07) is 14.2. The lowest BCUT2D eigenvalue weighted by molar-refractivity contribution is -0.123. The highest BCUT2D eigenvalue weighted by Gasteiger charge is 2.20. The summed E-state index contributed by atoms with van der Waals surface area (Å²) in [5.41, 5.74) is 1.92. The van der Waals surface area contributed by atoms with Gasteiger partial charge in [0.1, 0.15) is 5.75 Å². The third-order valence-electron chi connectivity index (χ3n) is 3.35. The van der Waals surface area contributed by atoms with Crippen molar-refractivity contribution in [3.8, 4) is 5.75 Å². The van der Waals surface area contributed by atoms with Crippen molar-refractivity contribution in [2.45, 2.75) is 26.9 Å². The van der Waals surface area contributed by atoms with E-state index in [1.54, 1.807) is 36.4 Å². The van der Waals surface area contributed by atoms with Crippen molar-refractivity contribution in [1.29, 1.82) is 0 Å². The van der Waals surface area contributed by atoms with Crippen LogP contribution in [0, 0.1) is 6.92 Å². The molecule has 0 fully saturated rings. The van der Waals surface area contributed by atoms with Crippen LogP contribution in [0.1, 0.15) is 29.8 Å². The van der Waals surface area contributed by atoms with Crippen LogP contribution in [0.25, 0.3) is 0 Å². The molecule has 0 saturated carbocycles. The second kappa shape index (κ2) is 8.15. The third kappa shape index (κ3) is 4.59. The van der Waals surface area contributed by atoms with E-state index in [1.807, 2.05) is 26.0 Å². The maximum absolute atomic E-state index is 12.3. The number of rotatable bonds is 6. The van der Waals surface area contributed by atoms with E-state index in [0.29, 0.717) is 23.6 Å². The minimum Gasteiger partial charge on any atom is -0.492 e. The fourth-order valence-corrected chi connectivity index (χ4v) is 2.14.